The van der Waals surface area contributed by atoms with Gasteiger partial charge in [-0.25, -0.2) is 9.37 Å². The molecule has 0 unspecified atom stereocenters. The summed E-state index contributed by atoms with van der Waals surface area (Å²) in [7, 11) is 1.63. The van der Waals surface area contributed by atoms with E-state index in [1.807, 2.05) is 73.8 Å². The van der Waals surface area contributed by atoms with Crippen LogP contribution in [0.4, 0.5) is 4.39 Å². The van der Waals surface area contributed by atoms with Gasteiger partial charge in [0, 0.05) is 35.0 Å². The molecule has 0 saturated carbocycles. The second-order valence-corrected chi connectivity index (χ2v) is 19.6. The van der Waals surface area contributed by atoms with Crippen LogP contribution in [0.15, 0.2) is 164 Å². The van der Waals surface area contributed by atoms with Crippen molar-refractivity contribution in [3.63, 3.8) is 0 Å². The number of nitrogens with zero attached hydrogens (tertiary/aromatic N) is 3. The summed E-state index contributed by atoms with van der Waals surface area (Å²) in [6.07, 6.45) is 2.97. The van der Waals surface area contributed by atoms with E-state index in [4.69, 9.17) is 4.74 Å². The molecule has 0 bridgehead atoms. The number of hydrogen-bond donors (Lipinski definition) is 0. The number of rotatable bonds is 9. The maximum Gasteiger partial charge on any atom is 0.213 e. The van der Waals surface area contributed by atoms with E-state index in [1.165, 1.54) is 51.2 Å². The van der Waals surface area contributed by atoms with Gasteiger partial charge in [-0.3, -0.25) is 9.97 Å². The second-order valence-electron chi connectivity index (χ2n) is 19.6. The van der Waals surface area contributed by atoms with Crippen molar-refractivity contribution in [3.8, 4) is 5.88 Å². The van der Waals surface area contributed by atoms with Crippen molar-refractivity contribution in [2.45, 2.75) is 173 Å². The van der Waals surface area contributed by atoms with E-state index in [9.17, 15) is 4.39 Å². The number of methoxy groups -OCH3 is 1. The van der Waals surface area contributed by atoms with Gasteiger partial charge < -0.3 is 4.74 Å². The lowest BCUT2D eigenvalue weighted by Crippen LogP contribution is -1.94. The molecule has 0 aliphatic heterocycles. The van der Waals surface area contributed by atoms with Crippen molar-refractivity contribution in [2.75, 3.05) is 7.11 Å². The number of ether oxygens (including phenoxy) is 1. The van der Waals surface area contributed by atoms with Crippen molar-refractivity contribution in [1.82, 2.24) is 15.0 Å². The number of pyridine rings is 3. The zero-order chi connectivity index (χ0) is 52.6. The Kier molecular flexibility index (Phi) is 33.8. The van der Waals surface area contributed by atoms with Crippen LogP contribution in [0.1, 0.15) is 209 Å². The highest BCUT2D eigenvalue weighted by Crippen LogP contribution is 2.18. The minimum atomic E-state index is -0.163. The molecule has 71 heavy (non-hydrogen) atoms. The minimum absolute atomic E-state index is 0. The molecule has 3 aromatic heterocycles. The highest BCUT2D eigenvalue weighted by atomic mass is 19.1. The maximum atomic E-state index is 12.4. The first-order valence-corrected chi connectivity index (χ1v) is 25.5. The van der Waals surface area contributed by atoms with Gasteiger partial charge in [0.2, 0.25) is 5.88 Å². The van der Waals surface area contributed by atoms with Crippen LogP contribution >= 0.6 is 0 Å². The first-order valence-electron chi connectivity index (χ1n) is 25.5. The molecule has 0 aliphatic carbocycles. The summed E-state index contributed by atoms with van der Waals surface area (Å²) in [6.45, 7) is 36.6. The van der Waals surface area contributed by atoms with E-state index < -0.39 is 0 Å². The maximum absolute atomic E-state index is 12.4. The molecule has 0 aliphatic rings. The zero-order valence-electron chi connectivity index (χ0n) is 46.5. The molecule has 5 heteroatoms. The Morgan fingerprint density at radius 3 is 1.24 bits per heavy atom. The Morgan fingerprint density at radius 1 is 0.423 bits per heavy atom. The molecule has 4 nitrogen and oxygen atoms in total. The number of hydrogen-bond acceptors (Lipinski definition) is 4. The third-order valence-corrected chi connectivity index (χ3v) is 11.1. The lowest BCUT2D eigenvalue weighted by atomic mass is 10.0. The molecular formula is C66H94FN3O. The average Bonchev–Trinajstić information content (AvgIpc) is 3.36. The number of aryl methyl sites for hydroxylation is 3. The van der Waals surface area contributed by atoms with Crippen molar-refractivity contribution in [2.24, 2.45) is 0 Å². The Hall–Kier alpha value is -5.94. The van der Waals surface area contributed by atoms with E-state index in [0.717, 1.165) is 23.5 Å². The standard InChI is InChI=1S/C11H16.C10H14.C9H11F.C9H13NO.C9H13N.C9H12.C8H11N.CH4/c1-4-10-6-5-7-11(8-10)9(2)3;1-8(2)10-6-4-9(3)5-7-10;1-7(2)8-3-5-9(10)6-4-8;1-7(2)8-5-4-6-9(10-8)11-3;1-7(2)9-6-4-5-8(3)10-9;1-8(2)9-6-4-3-5-7-9;1-7(2)8-5-3-4-6-9-8;/h5-9H,4H2,1-3H3;4-8H,1-3H3;3-7H,1-2H3;4-7H,1-3H3;4-7H,1-3H3;3-8H,1-2H3;3-7H,1-2H3;1H4. The number of halogens is 1. The molecular weight excluding hydrogens is 870 g/mol. The third kappa shape index (κ3) is 29.1. The topological polar surface area (TPSA) is 47.9 Å². The normalized spacial score (nSPS) is 10.2. The van der Waals surface area contributed by atoms with Crippen molar-refractivity contribution >= 4 is 0 Å². The van der Waals surface area contributed by atoms with Crippen LogP contribution in [-0.4, -0.2) is 22.1 Å². The summed E-state index contributed by atoms with van der Waals surface area (Å²) in [4.78, 5) is 12.8. The van der Waals surface area contributed by atoms with Gasteiger partial charge in [-0.1, -0.05) is 226 Å². The lowest BCUT2D eigenvalue weighted by molar-refractivity contribution is 0.395. The van der Waals surface area contributed by atoms with E-state index in [0.29, 0.717) is 47.3 Å². The number of aromatic nitrogens is 3. The smallest absolute Gasteiger partial charge is 0.213 e. The molecule has 0 saturated heterocycles. The Labute approximate surface area is 434 Å². The summed E-state index contributed by atoms with van der Waals surface area (Å²) in [5.74, 6) is 4.53. The molecule has 4 aromatic carbocycles. The largest absolute Gasteiger partial charge is 0.481 e. The second kappa shape index (κ2) is 36.9. The van der Waals surface area contributed by atoms with Crippen LogP contribution in [0.5, 0.6) is 5.88 Å². The van der Waals surface area contributed by atoms with Crippen LogP contribution in [0.3, 0.4) is 0 Å². The van der Waals surface area contributed by atoms with Gasteiger partial charge in [-0.15, -0.1) is 0 Å². The van der Waals surface area contributed by atoms with Crippen molar-refractivity contribution in [1.29, 1.82) is 0 Å². The molecule has 0 spiro atoms. The molecule has 0 fully saturated rings. The predicted octanol–water partition coefficient (Wildman–Crippen LogP) is 19.8. The fraction of sp³-hybridized carbons (Fsp3) is 0.409. The van der Waals surface area contributed by atoms with Gasteiger partial charge in [0.25, 0.3) is 0 Å². The lowest BCUT2D eigenvalue weighted by Gasteiger charge is -2.05. The first-order chi connectivity index (χ1) is 33.2. The summed E-state index contributed by atoms with van der Waals surface area (Å²) in [5.41, 5.74) is 12.8. The van der Waals surface area contributed by atoms with Crippen molar-refractivity contribution < 1.29 is 9.13 Å². The molecule has 0 amide bonds. The molecule has 7 aromatic rings. The zero-order valence-corrected chi connectivity index (χ0v) is 46.5. The molecule has 386 valence electrons. The summed E-state index contributed by atoms with van der Waals surface area (Å²) in [5, 5.41) is 0. The summed E-state index contributed by atoms with van der Waals surface area (Å²) in [6, 6.07) is 52.6. The Bertz CT molecular complexity index is 2210. The van der Waals surface area contributed by atoms with E-state index in [-0.39, 0.29) is 13.2 Å². The average molecular weight is 964 g/mol. The van der Waals surface area contributed by atoms with Crippen LogP contribution < -0.4 is 4.74 Å². The van der Waals surface area contributed by atoms with Crippen LogP contribution in [0.2, 0.25) is 0 Å². The van der Waals surface area contributed by atoms with Gasteiger partial charge >= 0.3 is 0 Å². The van der Waals surface area contributed by atoms with E-state index >= 15 is 0 Å². The molecule has 7 rings (SSSR count). The van der Waals surface area contributed by atoms with Crippen LogP contribution in [-0.2, 0) is 6.42 Å². The minimum Gasteiger partial charge on any atom is -0.481 e. The SMILES string of the molecule is C.CC(C)c1ccc(F)cc1.CC(C)c1ccccc1.CC(C)c1ccccn1.CCc1cccc(C(C)C)c1.COc1cccc(C(C)C)n1.Cc1ccc(C(C)C)cc1.Cc1cccc(C(C)C)n1. The molecule has 3 heterocycles. The predicted molar refractivity (Wildman–Crippen MR) is 309 cm³/mol. The van der Waals surface area contributed by atoms with Gasteiger partial charge in [0.15, 0.2) is 0 Å². The van der Waals surface area contributed by atoms with Gasteiger partial charge in [0.05, 0.1) is 7.11 Å². The highest BCUT2D eigenvalue weighted by molar-refractivity contribution is 5.26. The first kappa shape index (κ1) is 65.1. The van der Waals surface area contributed by atoms with Crippen LogP contribution in [0, 0.1) is 19.7 Å². The Morgan fingerprint density at radius 2 is 0.845 bits per heavy atom. The number of benzene rings is 4. The summed E-state index contributed by atoms with van der Waals surface area (Å²) < 4.78 is 17.3. The van der Waals surface area contributed by atoms with Gasteiger partial charge in [0.1, 0.15) is 5.82 Å². The quantitative estimate of drug-likeness (QED) is 0.145. The third-order valence-electron chi connectivity index (χ3n) is 11.1. The van der Waals surface area contributed by atoms with Gasteiger partial charge in [-0.05, 0) is 132 Å². The van der Waals surface area contributed by atoms with Crippen LogP contribution in [0.25, 0.3) is 0 Å². The van der Waals surface area contributed by atoms with Gasteiger partial charge in [-0.2, -0.15) is 0 Å². The van der Waals surface area contributed by atoms with E-state index in [2.05, 4.69) is 211 Å². The van der Waals surface area contributed by atoms with E-state index in [1.54, 1.807) is 7.11 Å². The van der Waals surface area contributed by atoms with Crippen molar-refractivity contribution in [3.05, 3.63) is 226 Å². The summed E-state index contributed by atoms with van der Waals surface area (Å²) >= 11 is 0. The molecule has 0 atom stereocenters. The fourth-order valence-electron chi connectivity index (χ4n) is 6.28. The monoisotopic (exact) mass is 964 g/mol. The highest BCUT2D eigenvalue weighted by Gasteiger charge is 2.02. The molecule has 0 N–H and O–H groups in total. The Balaban J connectivity index is 0.000000804. The molecule has 0 radical (unpaired) electrons. The fourth-order valence-corrected chi connectivity index (χ4v) is 6.28.